The van der Waals surface area contributed by atoms with Gasteiger partial charge in [0.2, 0.25) is 11.9 Å². The second kappa shape index (κ2) is 8.09. The summed E-state index contributed by atoms with van der Waals surface area (Å²) in [4.78, 5) is 36.7. The van der Waals surface area contributed by atoms with Crippen molar-refractivity contribution in [3.8, 4) is 0 Å². The molecule has 5 rings (SSSR count). The SMILES string of the molecule is Cc1ccc(NC(=O)C[C@H]2C(=O)N(Cc3cccnc3)c3nc4ccccc4n32)c(Cl)c1. The number of carbonyl (C=O) groups excluding carboxylic acids is 2. The number of aryl methyl sites for hydroxylation is 1. The van der Waals surface area contributed by atoms with Crippen LogP contribution in [0.15, 0.2) is 67.0 Å². The van der Waals surface area contributed by atoms with Gasteiger partial charge in [0.15, 0.2) is 0 Å². The Hall–Kier alpha value is -3.71. The molecule has 0 fully saturated rings. The monoisotopic (exact) mass is 445 g/mol. The van der Waals surface area contributed by atoms with E-state index in [2.05, 4.69) is 15.3 Å². The summed E-state index contributed by atoms with van der Waals surface area (Å²) in [5, 5.41) is 3.30. The quantitative estimate of drug-likeness (QED) is 0.490. The Morgan fingerprint density at radius 2 is 2.00 bits per heavy atom. The molecule has 32 heavy (non-hydrogen) atoms. The van der Waals surface area contributed by atoms with Crippen LogP contribution >= 0.6 is 11.6 Å². The van der Waals surface area contributed by atoms with Crippen LogP contribution in [0.1, 0.15) is 23.6 Å². The summed E-state index contributed by atoms with van der Waals surface area (Å²) in [7, 11) is 0. The molecule has 7 nitrogen and oxygen atoms in total. The first-order valence-electron chi connectivity index (χ1n) is 10.2. The maximum atomic E-state index is 13.4. The number of fused-ring (bicyclic) bond motifs is 3. The van der Waals surface area contributed by atoms with Crippen molar-refractivity contribution in [2.45, 2.75) is 25.9 Å². The number of benzene rings is 2. The zero-order valence-corrected chi connectivity index (χ0v) is 18.1. The third kappa shape index (κ3) is 3.61. The van der Waals surface area contributed by atoms with Gasteiger partial charge in [0.25, 0.3) is 5.91 Å². The van der Waals surface area contributed by atoms with E-state index in [1.54, 1.807) is 29.4 Å². The number of hydrogen-bond donors (Lipinski definition) is 1. The van der Waals surface area contributed by atoms with Crippen LogP contribution in [0.4, 0.5) is 11.6 Å². The standard InChI is InChI=1S/C24H20ClN5O2/c1-15-8-9-18(17(25)11-15)27-22(31)12-21-23(32)29(14-16-5-4-10-26-13-16)24-28-19-6-2-3-7-20(19)30(21)24/h2-11,13,21H,12,14H2,1H3,(H,27,31)/t21-/m0/s1. The summed E-state index contributed by atoms with van der Waals surface area (Å²) in [6.07, 6.45) is 3.38. The van der Waals surface area contributed by atoms with E-state index in [4.69, 9.17) is 11.6 Å². The van der Waals surface area contributed by atoms with Crippen LogP contribution in [-0.4, -0.2) is 26.3 Å². The van der Waals surface area contributed by atoms with Gasteiger partial charge in [0, 0.05) is 12.4 Å². The normalized spacial score (nSPS) is 15.2. The smallest absolute Gasteiger partial charge is 0.253 e. The fraction of sp³-hybridized carbons (Fsp3) is 0.167. The second-order valence-electron chi connectivity index (χ2n) is 7.81. The molecular weight excluding hydrogens is 426 g/mol. The molecule has 1 aliphatic heterocycles. The lowest BCUT2D eigenvalue weighted by Gasteiger charge is -2.16. The number of rotatable bonds is 5. The molecule has 3 heterocycles. The highest BCUT2D eigenvalue weighted by molar-refractivity contribution is 6.33. The number of amides is 2. The van der Waals surface area contributed by atoms with Gasteiger partial charge in [0.05, 0.1) is 34.7 Å². The second-order valence-corrected chi connectivity index (χ2v) is 8.21. The molecule has 1 N–H and O–H groups in total. The maximum Gasteiger partial charge on any atom is 0.253 e. The fourth-order valence-corrected chi connectivity index (χ4v) is 4.30. The predicted molar refractivity (Wildman–Crippen MR) is 124 cm³/mol. The van der Waals surface area contributed by atoms with Gasteiger partial charge >= 0.3 is 0 Å². The molecule has 4 aromatic rings. The number of pyridine rings is 1. The van der Waals surface area contributed by atoms with Crippen molar-refractivity contribution in [2.24, 2.45) is 0 Å². The topological polar surface area (TPSA) is 80.1 Å². The highest BCUT2D eigenvalue weighted by atomic mass is 35.5. The Morgan fingerprint density at radius 3 is 2.78 bits per heavy atom. The predicted octanol–water partition coefficient (Wildman–Crippen LogP) is 4.51. The van der Waals surface area contributed by atoms with E-state index in [1.165, 1.54) is 0 Å². The number of hydrogen-bond acceptors (Lipinski definition) is 4. The van der Waals surface area contributed by atoms with Gasteiger partial charge < -0.3 is 5.32 Å². The third-order valence-corrected chi connectivity index (χ3v) is 5.83. The first-order chi connectivity index (χ1) is 15.5. The zero-order chi connectivity index (χ0) is 22.2. The van der Waals surface area contributed by atoms with Gasteiger partial charge in [-0.1, -0.05) is 35.9 Å². The van der Waals surface area contributed by atoms with Gasteiger partial charge in [0.1, 0.15) is 6.04 Å². The van der Waals surface area contributed by atoms with Crippen molar-refractivity contribution in [3.05, 3.63) is 83.1 Å². The number of anilines is 2. The Kier molecular flexibility index (Phi) is 5.11. The van der Waals surface area contributed by atoms with Crippen molar-refractivity contribution in [3.63, 3.8) is 0 Å². The molecule has 8 heteroatoms. The van der Waals surface area contributed by atoms with Crippen LogP contribution in [0.2, 0.25) is 5.02 Å². The van der Waals surface area contributed by atoms with Gasteiger partial charge in [-0.25, -0.2) is 4.98 Å². The highest BCUT2D eigenvalue weighted by Crippen LogP contribution is 2.37. The van der Waals surface area contributed by atoms with Crippen LogP contribution in [0.5, 0.6) is 0 Å². The Bertz CT molecular complexity index is 1330. The lowest BCUT2D eigenvalue weighted by Crippen LogP contribution is -2.31. The summed E-state index contributed by atoms with van der Waals surface area (Å²) in [6, 6.07) is 16.1. The molecule has 2 amide bonds. The van der Waals surface area contributed by atoms with Crippen molar-refractivity contribution in [1.82, 2.24) is 14.5 Å². The lowest BCUT2D eigenvalue weighted by molar-refractivity contribution is -0.124. The highest BCUT2D eigenvalue weighted by Gasteiger charge is 2.40. The first kappa shape index (κ1) is 20.2. The number of para-hydroxylation sites is 2. The summed E-state index contributed by atoms with van der Waals surface area (Å²) >= 11 is 6.26. The van der Waals surface area contributed by atoms with Crippen LogP contribution < -0.4 is 10.2 Å². The Labute approximate surface area is 189 Å². The van der Waals surface area contributed by atoms with Gasteiger partial charge in [-0.2, -0.15) is 0 Å². The number of carbonyl (C=O) groups is 2. The Balaban J connectivity index is 1.47. The molecule has 0 aliphatic carbocycles. The molecule has 0 saturated carbocycles. The van der Waals surface area contributed by atoms with Crippen LogP contribution in [0.25, 0.3) is 11.0 Å². The average molecular weight is 446 g/mol. The molecule has 2 aromatic heterocycles. The zero-order valence-electron chi connectivity index (χ0n) is 17.3. The minimum absolute atomic E-state index is 0.0278. The Morgan fingerprint density at radius 1 is 1.16 bits per heavy atom. The van der Waals surface area contributed by atoms with Crippen LogP contribution in [-0.2, 0) is 16.1 Å². The van der Waals surface area contributed by atoms with E-state index in [-0.39, 0.29) is 18.2 Å². The van der Waals surface area contributed by atoms with Gasteiger partial charge in [-0.15, -0.1) is 0 Å². The first-order valence-corrected chi connectivity index (χ1v) is 10.6. The summed E-state index contributed by atoms with van der Waals surface area (Å²) in [5.41, 5.74) is 4.00. The molecule has 2 aromatic carbocycles. The number of halogens is 1. The average Bonchev–Trinajstić information content (AvgIpc) is 3.27. The van der Waals surface area contributed by atoms with Gasteiger partial charge in [-0.3, -0.25) is 24.0 Å². The lowest BCUT2D eigenvalue weighted by atomic mass is 10.1. The number of imidazole rings is 1. The fourth-order valence-electron chi connectivity index (χ4n) is 4.02. The molecular formula is C24H20ClN5O2. The summed E-state index contributed by atoms with van der Waals surface area (Å²) in [5.74, 6) is 0.0690. The van der Waals surface area contributed by atoms with Crippen molar-refractivity contribution in [1.29, 1.82) is 0 Å². The number of aromatic nitrogens is 3. The van der Waals surface area contributed by atoms with E-state index in [1.807, 2.05) is 54.0 Å². The maximum absolute atomic E-state index is 13.4. The van der Waals surface area contributed by atoms with Crippen LogP contribution in [0.3, 0.4) is 0 Å². The molecule has 0 spiro atoms. The molecule has 1 atom stereocenters. The number of nitrogens with one attached hydrogen (secondary N) is 1. The minimum Gasteiger partial charge on any atom is -0.325 e. The van der Waals surface area contributed by atoms with Crippen LogP contribution in [0, 0.1) is 6.92 Å². The van der Waals surface area contributed by atoms with Crippen molar-refractivity contribution >= 4 is 46.1 Å². The van der Waals surface area contributed by atoms with E-state index in [9.17, 15) is 9.59 Å². The molecule has 0 radical (unpaired) electrons. The van der Waals surface area contributed by atoms with Crippen molar-refractivity contribution < 1.29 is 9.59 Å². The van der Waals surface area contributed by atoms with Gasteiger partial charge in [-0.05, 0) is 48.4 Å². The molecule has 0 unspecified atom stereocenters. The number of nitrogens with zero attached hydrogens (tertiary/aromatic N) is 4. The largest absolute Gasteiger partial charge is 0.325 e. The van der Waals surface area contributed by atoms with E-state index < -0.39 is 6.04 Å². The molecule has 0 saturated heterocycles. The molecule has 1 aliphatic rings. The minimum atomic E-state index is -0.696. The summed E-state index contributed by atoms with van der Waals surface area (Å²) < 4.78 is 1.85. The molecule has 160 valence electrons. The summed E-state index contributed by atoms with van der Waals surface area (Å²) in [6.45, 7) is 2.26. The van der Waals surface area contributed by atoms with E-state index in [0.29, 0.717) is 23.2 Å². The van der Waals surface area contributed by atoms with Crippen molar-refractivity contribution in [2.75, 3.05) is 10.2 Å². The van der Waals surface area contributed by atoms with E-state index in [0.717, 1.165) is 22.2 Å². The molecule has 0 bridgehead atoms. The van der Waals surface area contributed by atoms with E-state index >= 15 is 0 Å². The third-order valence-electron chi connectivity index (χ3n) is 5.52.